The van der Waals surface area contributed by atoms with Crippen LogP contribution in [0, 0.1) is 0 Å². The van der Waals surface area contributed by atoms with Crippen molar-refractivity contribution in [2.75, 3.05) is 36.7 Å². The second-order valence-corrected chi connectivity index (χ2v) is 4.41. The number of hydrogen-bond acceptors (Lipinski definition) is 6. The summed E-state index contributed by atoms with van der Waals surface area (Å²) in [7, 11) is 3.96. The van der Waals surface area contributed by atoms with Crippen LogP contribution in [0.5, 0.6) is 5.88 Å². The number of nitrogen functional groups attached to an aromatic ring is 1. The molecular formula is C14H19N5O. The van der Waals surface area contributed by atoms with Crippen LogP contribution in [0.1, 0.15) is 6.92 Å². The molecular weight excluding hydrogens is 254 g/mol. The van der Waals surface area contributed by atoms with Crippen LogP contribution in [0.3, 0.4) is 0 Å². The quantitative estimate of drug-likeness (QED) is 0.870. The van der Waals surface area contributed by atoms with E-state index in [9.17, 15) is 0 Å². The smallest absolute Gasteiger partial charge is 0.242 e. The van der Waals surface area contributed by atoms with Crippen molar-refractivity contribution in [3.63, 3.8) is 0 Å². The Morgan fingerprint density at radius 2 is 2.00 bits per heavy atom. The molecule has 2 aromatic rings. The Morgan fingerprint density at radius 3 is 2.70 bits per heavy atom. The van der Waals surface area contributed by atoms with Crippen LogP contribution >= 0.6 is 0 Å². The number of para-hydroxylation sites is 2. The molecule has 2 rings (SSSR count). The van der Waals surface area contributed by atoms with E-state index in [1.54, 1.807) is 0 Å². The van der Waals surface area contributed by atoms with Crippen molar-refractivity contribution in [3.8, 4) is 5.88 Å². The van der Waals surface area contributed by atoms with Gasteiger partial charge in [0, 0.05) is 14.1 Å². The highest BCUT2D eigenvalue weighted by atomic mass is 16.5. The molecule has 0 fully saturated rings. The summed E-state index contributed by atoms with van der Waals surface area (Å²) in [5.41, 5.74) is 8.39. The number of nitrogens with zero attached hydrogens (tertiary/aromatic N) is 3. The van der Waals surface area contributed by atoms with Gasteiger partial charge in [-0.3, -0.25) is 0 Å². The van der Waals surface area contributed by atoms with Crippen LogP contribution in [0.2, 0.25) is 0 Å². The van der Waals surface area contributed by atoms with E-state index in [1.165, 1.54) is 6.33 Å². The number of hydrogen-bond donors (Lipinski definition) is 2. The summed E-state index contributed by atoms with van der Waals surface area (Å²) in [6.07, 6.45) is 1.43. The van der Waals surface area contributed by atoms with Crippen molar-refractivity contribution in [2.24, 2.45) is 0 Å². The summed E-state index contributed by atoms with van der Waals surface area (Å²) in [6, 6.07) is 7.92. The molecule has 0 spiro atoms. The Labute approximate surface area is 118 Å². The highest BCUT2D eigenvalue weighted by Crippen LogP contribution is 2.31. The molecule has 0 atom stereocenters. The second-order valence-electron chi connectivity index (χ2n) is 4.41. The maximum absolute atomic E-state index is 6.02. The molecule has 0 saturated heterocycles. The molecule has 0 amide bonds. The summed E-state index contributed by atoms with van der Waals surface area (Å²) >= 11 is 0. The van der Waals surface area contributed by atoms with Crippen molar-refractivity contribution in [1.82, 2.24) is 9.97 Å². The van der Waals surface area contributed by atoms with Gasteiger partial charge in [0.2, 0.25) is 5.88 Å². The van der Waals surface area contributed by atoms with Gasteiger partial charge >= 0.3 is 0 Å². The van der Waals surface area contributed by atoms with Gasteiger partial charge in [-0.15, -0.1) is 0 Å². The number of nitrogens with two attached hydrogens (primary N) is 1. The molecule has 3 N–H and O–H groups in total. The molecule has 1 heterocycles. The van der Waals surface area contributed by atoms with Crippen molar-refractivity contribution in [3.05, 3.63) is 30.6 Å². The topological polar surface area (TPSA) is 76.3 Å². The van der Waals surface area contributed by atoms with Crippen LogP contribution in [-0.4, -0.2) is 30.7 Å². The molecule has 1 aromatic carbocycles. The Morgan fingerprint density at radius 1 is 1.25 bits per heavy atom. The van der Waals surface area contributed by atoms with Crippen molar-refractivity contribution < 1.29 is 4.74 Å². The minimum Gasteiger partial charge on any atom is -0.476 e. The van der Waals surface area contributed by atoms with Crippen molar-refractivity contribution >= 4 is 22.9 Å². The third-order valence-electron chi connectivity index (χ3n) is 2.77. The summed E-state index contributed by atoms with van der Waals surface area (Å²) in [5.74, 6) is 0.935. The molecule has 20 heavy (non-hydrogen) atoms. The van der Waals surface area contributed by atoms with E-state index in [0.29, 0.717) is 24.0 Å². The molecule has 0 aliphatic carbocycles. The van der Waals surface area contributed by atoms with Crippen LogP contribution in [0.15, 0.2) is 30.6 Å². The minimum atomic E-state index is 0.396. The number of aromatic nitrogens is 2. The molecule has 106 valence electrons. The number of nitrogens with one attached hydrogen (secondary N) is 1. The lowest BCUT2D eigenvalue weighted by atomic mass is 10.2. The first-order chi connectivity index (χ1) is 9.63. The van der Waals surface area contributed by atoms with E-state index in [-0.39, 0.29) is 0 Å². The molecule has 0 unspecified atom stereocenters. The summed E-state index contributed by atoms with van der Waals surface area (Å²) in [5, 5.41) is 3.22. The molecule has 0 saturated carbocycles. The van der Waals surface area contributed by atoms with E-state index in [0.717, 1.165) is 11.4 Å². The van der Waals surface area contributed by atoms with Crippen molar-refractivity contribution in [1.29, 1.82) is 0 Å². The first kappa shape index (κ1) is 13.9. The zero-order valence-electron chi connectivity index (χ0n) is 11.9. The van der Waals surface area contributed by atoms with Gasteiger partial charge in [0.05, 0.1) is 18.0 Å². The van der Waals surface area contributed by atoms with E-state index >= 15 is 0 Å². The zero-order valence-corrected chi connectivity index (χ0v) is 11.9. The lowest BCUT2D eigenvalue weighted by molar-refractivity contribution is 0.328. The Kier molecular flexibility index (Phi) is 4.24. The fourth-order valence-electron chi connectivity index (χ4n) is 1.83. The minimum absolute atomic E-state index is 0.396. The summed E-state index contributed by atoms with van der Waals surface area (Å²) in [4.78, 5) is 10.2. The Bertz CT molecular complexity index is 586. The van der Waals surface area contributed by atoms with Gasteiger partial charge in [0.25, 0.3) is 0 Å². The SMILES string of the molecule is CCOc1ncnc(Nc2ccccc2N(C)C)c1N. The van der Waals surface area contributed by atoms with Gasteiger partial charge < -0.3 is 20.7 Å². The molecule has 0 aliphatic heterocycles. The lowest BCUT2D eigenvalue weighted by Crippen LogP contribution is -2.12. The van der Waals surface area contributed by atoms with Crippen molar-refractivity contribution in [2.45, 2.75) is 6.92 Å². The monoisotopic (exact) mass is 273 g/mol. The number of rotatable bonds is 5. The normalized spacial score (nSPS) is 10.2. The third kappa shape index (κ3) is 2.90. The zero-order chi connectivity index (χ0) is 14.5. The van der Waals surface area contributed by atoms with Gasteiger partial charge in [-0.1, -0.05) is 12.1 Å². The van der Waals surface area contributed by atoms with E-state index < -0.39 is 0 Å². The van der Waals surface area contributed by atoms with E-state index in [1.807, 2.05) is 50.2 Å². The average Bonchev–Trinajstić information content (AvgIpc) is 2.44. The first-order valence-corrected chi connectivity index (χ1v) is 6.40. The largest absolute Gasteiger partial charge is 0.476 e. The number of anilines is 4. The van der Waals surface area contributed by atoms with Gasteiger partial charge in [0.1, 0.15) is 12.0 Å². The van der Waals surface area contributed by atoms with Gasteiger partial charge in [-0.2, -0.15) is 4.98 Å². The average molecular weight is 273 g/mol. The predicted octanol–water partition coefficient (Wildman–Crippen LogP) is 2.27. The number of benzene rings is 1. The molecule has 1 aromatic heterocycles. The fourth-order valence-corrected chi connectivity index (χ4v) is 1.83. The molecule has 6 heteroatoms. The molecule has 0 radical (unpaired) electrons. The predicted molar refractivity (Wildman–Crippen MR) is 81.7 cm³/mol. The van der Waals surface area contributed by atoms with Crippen LogP contribution in [0.25, 0.3) is 0 Å². The summed E-state index contributed by atoms with van der Waals surface area (Å²) in [6.45, 7) is 2.39. The van der Waals surface area contributed by atoms with Gasteiger partial charge in [-0.05, 0) is 19.1 Å². The molecule has 0 bridgehead atoms. The van der Waals surface area contributed by atoms with E-state index in [2.05, 4.69) is 15.3 Å². The highest BCUT2D eigenvalue weighted by molar-refractivity contribution is 5.79. The first-order valence-electron chi connectivity index (χ1n) is 6.40. The second kappa shape index (κ2) is 6.10. The standard InChI is InChI=1S/C14H19N5O/c1-4-20-14-12(15)13(16-9-17-14)18-10-7-5-6-8-11(10)19(2)3/h5-9H,4,15H2,1-3H3,(H,16,17,18). The maximum atomic E-state index is 6.02. The molecule has 6 nitrogen and oxygen atoms in total. The summed E-state index contributed by atoms with van der Waals surface area (Å²) < 4.78 is 5.37. The maximum Gasteiger partial charge on any atom is 0.242 e. The Balaban J connectivity index is 2.33. The van der Waals surface area contributed by atoms with E-state index in [4.69, 9.17) is 10.5 Å². The fraction of sp³-hybridized carbons (Fsp3) is 0.286. The van der Waals surface area contributed by atoms with Crippen LogP contribution < -0.4 is 20.7 Å². The van der Waals surface area contributed by atoms with Crippen LogP contribution in [0.4, 0.5) is 22.9 Å². The lowest BCUT2D eigenvalue weighted by Gasteiger charge is -2.18. The Hall–Kier alpha value is -2.50. The van der Waals surface area contributed by atoms with Gasteiger partial charge in [0.15, 0.2) is 5.82 Å². The highest BCUT2D eigenvalue weighted by Gasteiger charge is 2.11. The molecule has 0 aliphatic rings. The number of ether oxygens (including phenoxy) is 1. The third-order valence-corrected chi connectivity index (χ3v) is 2.77. The van der Waals surface area contributed by atoms with Crippen LogP contribution in [-0.2, 0) is 0 Å². The van der Waals surface area contributed by atoms with Gasteiger partial charge in [-0.25, -0.2) is 4.98 Å².